The van der Waals surface area contributed by atoms with E-state index in [2.05, 4.69) is 15.6 Å². The number of carboxylic acid groups (broad SMARTS) is 1. The first-order valence-corrected chi connectivity index (χ1v) is 7.21. The van der Waals surface area contributed by atoms with Gasteiger partial charge in [-0.3, -0.25) is 10.1 Å². The normalized spacial score (nSPS) is 12.0. The Balaban J connectivity index is 2.56. The van der Waals surface area contributed by atoms with Gasteiger partial charge < -0.3 is 16.2 Å². The summed E-state index contributed by atoms with van der Waals surface area (Å²) in [5.41, 5.74) is 5.80. The van der Waals surface area contributed by atoms with Gasteiger partial charge in [-0.25, -0.2) is 14.6 Å². The highest BCUT2D eigenvalue weighted by Gasteiger charge is 2.21. The monoisotopic (exact) mass is 314 g/mol. The number of nitrogens with zero attached hydrogens (tertiary/aromatic N) is 1. The summed E-state index contributed by atoms with van der Waals surface area (Å²) in [6, 6.07) is -1.86. The zero-order valence-electron chi connectivity index (χ0n) is 11.8. The zero-order valence-corrected chi connectivity index (χ0v) is 12.6. The van der Waals surface area contributed by atoms with Gasteiger partial charge in [-0.2, -0.15) is 0 Å². The number of anilines is 1. The Morgan fingerprint density at radius 1 is 1.43 bits per heavy atom. The molecule has 116 valence electrons. The molecule has 8 nitrogen and oxygen atoms in total. The highest BCUT2D eigenvalue weighted by molar-refractivity contribution is 7.13. The third kappa shape index (κ3) is 5.78. The first-order chi connectivity index (χ1) is 9.79. The van der Waals surface area contributed by atoms with Crippen molar-refractivity contribution in [3.05, 3.63) is 11.1 Å². The zero-order chi connectivity index (χ0) is 16.0. The predicted octanol–water partition coefficient (Wildman–Crippen LogP) is 1.11. The van der Waals surface area contributed by atoms with Gasteiger partial charge in [0.1, 0.15) is 6.04 Å². The van der Waals surface area contributed by atoms with Gasteiger partial charge in [0.25, 0.3) is 0 Å². The molecule has 1 aromatic rings. The Hall–Kier alpha value is -2.16. The van der Waals surface area contributed by atoms with Gasteiger partial charge in [-0.05, 0) is 12.3 Å². The van der Waals surface area contributed by atoms with E-state index in [-0.39, 0.29) is 18.8 Å². The number of amides is 3. The number of nitrogens with one attached hydrogen (secondary N) is 2. The van der Waals surface area contributed by atoms with E-state index in [1.807, 2.05) is 19.2 Å². The molecule has 0 bridgehead atoms. The van der Waals surface area contributed by atoms with Crippen LogP contribution in [0.3, 0.4) is 0 Å². The van der Waals surface area contributed by atoms with E-state index in [9.17, 15) is 14.4 Å². The van der Waals surface area contributed by atoms with Crippen LogP contribution in [-0.2, 0) is 9.59 Å². The quantitative estimate of drug-likeness (QED) is 0.598. The number of thiazole rings is 1. The van der Waals surface area contributed by atoms with Gasteiger partial charge in [-0.15, -0.1) is 11.3 Å². The fourth-order valence-electron chi connectivity index (χ4n) is 1.44. The Morgan fingerprint density at radius 2 is 2.10 bits per heavy atom. The van der Waals surface area contributed by atoms with Crippen LogP contribution >= 0.6 is 11.3 Å². The second-order valence-electron chi connectivity index (χ2n) is 4.73. The number of carbonyl (C=O) groups is 3. The Kier molecular flexibility index (Phi) is 6.10. The summed E-state index contributed by atoms with van der Waals surface area (Å²) in [4.78, 5) is 37.6. The fourth-order valence-corrected chi connectivity index (χ4v) is 2.31. The van der Waals surface area contributed by atoms with Crippen molar-refractivity contribution in [1.82, 2.24) is 10.3 Å². The number of rotatable bonds is 7. The molecule has 1 atom stereocenters. The summed E-state index contributed by atoms with van der Waals surface area (Å²) in [6.07, 6.45) is -0.181. The van der Waals surface area contributed by atoms with Gasteiger partial charge in [-0.1, -0.05) is 13.8 Å². The molecule has 0 aliphatic heterocycles. The van der Waals surface area contributed by atoms with Crippen molar-refractivity contribution in [2.45, 2.75) is 38.6 Å². The molecule has 21 heavy (non-hydrogen) atoms. The molecule has 9 heteroatoms. The standard InChI is InChI=1S/C12H18N4O4S/c1-6(2)8-5-21-12(15-8)16-11(20)14-7(10(18)19)3-4-9(13)17/h5-7H,3-4H2,1-2H3,(H2,13,17)(H,18,19)(H2,14,15,16,20)/t7-/m1/s1. The van der Waals surface area contributed by atoms with Gasteiger partial charge in [0.15, 0.2) is 5.13 Å². The lowest BCUT2D eigenvalue weighted by atomic mass is 10.1. The van der Waals surface area contributed by atoms with Crippen molar-refractivity contribution in [2.75, 3.05) is 5.32 Å². The summed E-state index contributed by atoms with van der Waals surface area (Å²) in [5.74, 6) is -1.61. The van der Waals surface area contributed by atoms with E-state index < -0.39 is 23.9 Å². The van der Waals surface area contributed by atoms with Crippen molar-refractivity contribution in [1.29, 1.82) is 0 Å². The summed E-state index contributed by atoms with van der Waals surface area (Å²) >= 11 is 1.26. The molecule has 3 amide bonds. The maximum absolute atomic E-state index is 11.7. The molecule has 0 aliphatic carbocycles. The van der Waals surface area contributed by atoms with Crippen LogP contribution in [0.1, 0.15) is 38.3 Å². The molecule has 1 rings (SSSR count). The van der Waals surface area contributed by atoms with E-state index in [1.165, 1.54) is 11.3 Å². The molecule has 0 unspecified atom stereocenters. The number of aromatic nitrogens is 1. The van der Waals surface area contributed by atoms with Crippen LogP contribution in [0.5, 0.6) is 0 Å². The Labute approximate surface area is 125 Å². The second-order valence-corrected chi connectivity index (χ2v) is 5.58. The third-order valence-electron chi connectivity index (χ3n) is 2.62. The molecule has 0 fully saturated rings. The van der Waals surface area contributed by atoms with Crippen LogP contribution in [0.4, 0.5) is 9.93 Å². The van der Waals surface area contributed by atoms with Gasteiger partial charge >= 0.3 is 12.0 Å². The maximum atomic E-state index is 11.7. The summed E-state index contributed by atoms with van der Waals surface area (Å²) in [5, 5.41) is 15.9. The molecule has 1 heterocycles. The van der Waals surface area contributed by atoms with E-state index in [0.717, 1.165) is 5.69 Å². The van der Waals surface area contributed by atoms with Crippen LogP contribution in [-0.4, -0.2) is 34.0 Å². The smallest absolute Gasteiger partial charge is 0.326 e. The number of hydrogen-bond donors (Lipinski definition) is 4. The van der Waals surface area contributed by atoms with Gasteiger partial charge in [0, 0.05) is 11.8 Å². The van der Waals surface area contributed by atoms with Crippen molar-refractivity contribution in [2.24, 2.45) is 5.73 Å². The first kappa shape index (κ1) is 16.9. The number of aliphatic carboxylic acids is 1. The average Bonchev–Trinajstić information content (AvgIpc) is 2.82. The van der Waals surface area contributed by atoms with Crippen LogP contribution in [0, 0.1) is 0 Å². The van der Waals surface area contributed by atoms with E-state index in [4.69, 9.17) is 10.8 Å². The lowest BCUT2D eigenvalue weighted by molar-refractivity contribution is -0.139. The first-order valence-electron chi connectivity index (χ1n) is 6.33. The van der Waals surface area contributed by atoms with E-state index >= 15 is 0 Å². The lowest BCUT2D eigenvalue weighted by Gasteiger charge is -2.13. The second kappa shape index (κ2) is 7.58. The topological polar surface area (TPSA) is 134 Å². The van der Waals surface area contributed by atoms with Crippen molar-refractivity contribution >= 4 is 34.4 Å². The summed E-state index contributed by atoms with van der Waals surface area (Å²) in [6.45, 7) is 3.95. The molecule has 0 saturated carbocycles. The Bertz CT molecular complexity index is 529. The van der Waals surface area contributed by atoms with Crippen LogP contribution < -0.4 is 16.4 Å². The Morgan fingerprint density at radius 3 is 2.57 bits per heavy atom. The lowest BCUT2D eigenvalue weighted by Crippen LogP contribution is -2.43. The molecular weight excluding hydrogens is 296 g/mol. The molecule has 0 aromatic carbocycles. The van der Waals surface area contributed by atoms with Crippen LogP contribution in [0.25, 0.3) is 0 Å². The summed E-state index contributed by atoms with van der Waals surface area (Å²) in [7, 11) is 0. The minimum atomic E-state index is -1.23. The van der Waals surface area contributed by atoms with Gasteiger partial charge in [0.2, 0.25) is 5.91 Å². The van der Waals surface area contributed by atoms with Crippen molar-refractivity contribution in [3.63, 3.8) is 0 Å². The average molecular weight is 314 g/mol. The number of carbonyl (C=O) groups excluding carboxylic acids is 2. The molecule has 0 aliphatic rings. The van der Waals surface area contributed by atoms with Crippen LogP contribution in [0.2, 0.25) is 0 Å². The number of hydrogen-bond acceptors (Lipinski definition) is 5. The number of carboxylic acids is 1. The number of primary amides is 1. The van der Waals surface area contributed by atoms with Crippen molar-refractivity contribution < 1.29 is 19.5 Å². The molecule has 0 spiro atoms. The van der Waals surface area contributed by atoms with Gasteiger partial charge in [0.05, 0.1) is 5.69 Å². The molecule has 1 aromatic heterocycles. The highest BCUT2D eigenvalue weighted by atomic mass is 32.1. The van der Waals surface area contributed by atoms with Crippen molar-refractivity contribution in [3.8, 4) is 0 Å². The molecule has 0 radical (unpaired) electrons. The largest absolute Gasteiger partial charge is 0.480 e. The third-order valence-corrected chi connectivity index (χ3v) is 3.39. The number of urea groups is 1. The fraction of sp³-hybridized carbons (Fsp3) is 0.500. The molecule has 0 saturated heterocycles. The minimum Gasteiger partial charge on any atom is -0.480 e. The number of nitrogens with two attached hydrogens (primary N) is 1. The maximum Gasteiger partial charge on any atom is 0.326 e. The SMILES string of the molecule is CC(C)c1csc(NC(=O)N[C@H](CCC(N)=O)C(=O)O)n1. The summed E-state index contributed by atoms with van der Waals surface area (Å²) < 4.78 is 0. The molecular formula is C12H18N4O4S. The van der Waals surface area contributed by atoms with Crippen LogP contribution in [0.15, 0.2) is 5.38 Å². The highest BCUT2D eigenvalue weighted by Crippen LogP contribution is 2.21. The predicted molar refractivity (Wildman–Crippen MR) is 78.2 cm³/mol. The van der Waals surface area contributed by atoms with E-state index in [0.29, 0.717) is 5.13 Å². The van der Waals surface area contributed by atoms with E-state index in [1.54, 1.807) is 0 Å². The molecule has 5 N–H and O–H groups in total. The minimum absolute atomic E-state index is 0.0623.